The van der Waals surface area contributed by atoms with Crippen molar-refractivity contribution in [2.24, 2.45) is 5.41 Å². The van der Waals surface area contributed by atoms with E-state index in [9.17, 15) is 23.8 Å². The summed E-state index contributed by atoms with van der Waals surface area (Å²) in [5.74, 6) is 0.295. The maximum absolute atomic E-state index is 12.9. The van der Waals surface area contributed by atoms with Gasteiger partial charge in [-0.15, -0.1) is 0 Å². The molecule has 9 nitrogen and oxygen atoms in total. The van der Waals surface area contributed by atoms with E-state index in [1.165, 1.54) is 4.90 Å². The number of rotatable bonds is 3. The van der Waals surface area contributed by atoms with Gasteiger partial charge in [0.25, 0.3) is 0 Å². The first-order valence-corrected chi connectivity index (χ1v) is 13.7. The van der Waals surface area contributed by atoms with Crippen LogP contribution in [0, 0.1) is 5.41 Å². The number of carboxylic acid groups (broad SMARTS) is 1. The molecule has 12 heteroatoms. The lowest BCUT2D eigenvalue weighted by atomic mass is 9.86. The van der Waals surface area contributed by atoms with E-state index in [4.69, 9.17) is 27.9 Å². The van der Waals surface area contributed by atoms with E-state index in [1.54, 1.807) is 23.1 Å². The molecule has 0 spiro atoms. The Hall–Kier alpha value is -1.43. The maximum atomic E-state index is 12.9. The van der Waals surface area contributed by atoms with Crippen molar-refractivity contribution in [2.75, 3.05) is 44.2 Å². The zero-order chi connectivity index (χ0) is 25.3. The molecule has 2 aliphatic heterocycles. The van der Waals surface area contributed by atoms with Crippen LogP contribution in [0.4, 0.5) is 9.59 Å². The number of amides is 3. The number of hydrogen-bond donors (Lipinski definition) is 4. The third-order valence-corrected chi connectivity index (χ3v) is 8.82. The van der Waals surface area contributed by atoms with Crippen molar-refractivity contribution in [2.45, 2.75) is 38.9 Å². The van der Waals surface area contributed by atoms with Crippen molar-refractivity contribution < 1.29 is 28.5 Å². The molecule has 1 aromatic rings. The van der Waals surface area contributed by atoms with Gasteiger partial charge in [-0.3, -0.25) is 9.11 Å². The van der Waals surface area contributed by atoms with Crippen LogP contribution in [0.3, 0.4) is 0 Å². The normalized spacial score (nSPS) is 26.5. The van der Waals surface area contributed by atoms with Gasteiger partial charge in [-0.1, -0.05) is 50.0 Å². The predicted octanol–water partition coefficient (Wildman–Crippen LogP) is 4.78. The third-order valence-electron chi connectivity index (χ3n) is 6.41. The van der Waals surface area contributed by atoms with E-state index in [0.29, 0.717) is 22.0 Å². The van der Waals surface area contributed by atoms with Crippen molar-refractivity contribution >= 4 is 45.9 Å². The summed E-state index contributed by atoms with van der Waals surface area (Å²) in [6.07, 6.45) is -1.19. The average Bonchev–Trinajstić information content (AvgIpc) is 2.95. The number of hydrogen-bond acceptors (Lipinski definition) is 5. The predicted molar refractivity (Wildman–Crippen MR) is 134 cm³/mol. The number of nitrogens with one attached hydrogen (secondary N) is 1. The number of carbonyl (C=O) groups excluding carboxylic acids is 1. The van der Waals surface area contributed by atoms with E-state index in [-0.39, 0.29) is 55.7 Å². The lowest BCUT2D eigenvalue weighted by Gasteiger charge is -2.42. The van der Waals surface area contributed by atoms with Gasteiger partial charge in [0, 0.05) is 26.1 Å². The molecule has 0 saturated carbocycles. The molecular formula is C22H33Cl2N3O6S. The Balaban J connectivity index is 1.91. The topological polar surface area (TPSA) is 123 Å². The van der Waals surface area contributed by atoms with Gasteiger partial charge in [0.2, 0.25) is 0 Å². The molecule has 0 aromatic heterocycles. The fourth-order valence-corrected chi connectivity index (χ4v) is 5.61. The molecule has 2 aliphatic rings. The standard InChI is InChI=1S/C22H33Cl2N3O6S/c1-21(2,3)18-13-27(20(29)30)7-6-22(33-18,15-4-5-16(23)17(24)12-15)14-25-19(28)26-8-10-34(31,32)11-9-26/h4-5,12,18,31-32H,6-11,13-14H2,1-3H3,(H,25,28)(H,29,30)/t18?,22-/m1/s1. The molecule has 2 atom stereocenters. The minimum atomic E-state index is -2.63. The van der Waals surface area contributed by atoms with Gasteiger partial charge in [0.05, 0.1) is 40.7 Å². The van der Waals surface area contributed by atoms with Crippen LogP contribution < -0.4 is 5.32 Å². The molecule has 0 aliphatic carbocycles. The number of nitrogens with zero attached hydrogens (tertiary/aromatic N) is 2. The van der Waals surface area contributed by atoms with Crippen LogP contribution in [0.5, 0.6) is 0 Å². The lowest BCUT2D eigenvalue weighted by molar-refractivity contribution is -0.128. The van der Waals surface area contributed by atoms with E-state index in [0.717, 1.165) is 0 Å². The minimum absolute atomic E-state index is 0.0799. The number of carbonyl (C=O) groups is 2. The Bertz CT molecular complexity index is 918. The quantitative estimate of drug-likeness (QED) is 0.440. The number of urea groups is 1. The summed E-state index contributed by atoms with van der Waals surface area (Å²) in [4.78, 5) is 27.7. The Morgan fingerprint density at radius 2 is 1.79 bits per heavy atom. The summed E-state index contributed by atoms with van der Waals surface area (Å²) in [6, 6.07) is 4.80. The Morgan fingerprint density at radius 3 is 2.35 bits per heavy atom. The van der Waals surface area contributed by atoms with Gasteiger partial charge in [-0.25, -0.2) is 9.59 Å². The fourth-order valence-electron chi connectivity index (χ4n) is 4.08. The molecule has 192 valence electrons. The summed E-state index contributed by atoms with van der Waals surface area (Å²) >= 11 is 12.5. The molecule has 3 rings (SSSR count). The highest BCUT2D eigenvalue weighted by Gasteiger charge is 2.44. The Kier molecular flexibility index (Phi) is 8.21. The largest absolute Gasteiger partial charge is 0.465 e. The SMILES string of the molecule is CC(C)(C)C1CN(C(=O)O)CC[C@@](CNC(=O)N2CCS(O)(O)CC2)(c2ccc(Cl)c(Cl)c2)O1. The summed E-state index contributed by atoms with van der Waals surface area (Å²) in [7, 11) is -2.63. The van der Waals surface area contributed by atoms with Gasteiger partial charge in [0.1, 0.15) is 5.60 Å². The zero-order valence-corrected chi connectivity index (χ0v) is 21.9. The molecule has 1 unspecified atom stereocenters. The van der Waals surface area contributed by atoms with Crippen molar-refractivity contribution in [3.05, 3.63) is 33.8 Å². The molecular weight excluding hydrogens is 505 g/mol. The highest BCUT2D eigenvalue weighted by molar-refractivity contribution is 8.24. The van der Waals surface area contributed by atoms with Crippen LogP contribution in [0.1, 0.15) is 32.8 Å². The number of halogens is 2. The molecule has 4 N–H and O–H groups in total. The number of ether oxygens (including phenoxy) is 1. The Morgan fingerprint density at radius 1 is 1.15 bits per heavy atom. The molecule has 2 fully saturated rings. The maximum Gasteiger partial charge on any atom is 0.407 e. The fraction of sp³-hybridized carbons (Fsp3) is 0.636. The summed E-state index contributed by atoms with van der Waals surface area (Å²) in [5, 5.41) is 13.4. The van der Waals surface area contributed by atoms with E-state index in [1.807, 2.05) is 20.8 Å². The van der Waals surface area contributed by atoms with Crippen LogP contribution in [0.2, 0.25) is 10.0 Å². The minimum Gasteiger partial charge on any atom is -0.465 e. The first kappa shape index (κ1) is 27.2. The highest BCUT2D eigenvalue weighted by Crippen LogP contribution is 2.41. The van der Waals surface area contributed by atoms with Crippen LogP contribution in [-0.4, -0.2) is 86.5 Å². The van der Waals surface area contributed by atoms with Crippen LogP contribution >= 0.6 is 33.8 Å². The van der Waals surface area contributed by atoms with Crippen LogP contribution in [0.15, 0.2) is 18.2 Å². The summed E-state index contributed by atoms with van der Waals surface area (Å²) in [5.41, 5.74) is -0.744. The van der Waals surface area contributed by atoms with Crippen molar-refractivity contribution in [1.29, 1.82) is 0 Å². The van der Waals surface area contributed by atoms with E-state index < -0.39 is 28.4 Å². The molecule has 0 bridgehead atoms. The lowest BCUT2D eigenvalue weighted by Crippen LogP contribution is -2.52. The van der Waals surface area contributed by atoms with Crippen molar-refractivity contribution in [3.63, 3.8) is 0 Å². The third kappa shape index (κ3) is 6.41. The van der Waals surface area contributed by atoms with Gasteiger partial charge < -0.3 is 25.0 Å². The monoisotopic (exact) mass is 537 g/mol. The molecule has 0 radical (unpaired) electrons. The van der Waals surface area contributed by atoms with Gasteiger partial charge in [-0.05, 0) is 23.1 Å². The van der Waals surface area contributed by atoms with Gasteiger partial charge in [-0.2, -0.15) is 10.6 Å². The summed E-state index contributed by atoms with van der Waals surface area (Å²) < 4.78 is 26.4. The summed E-state index contributed by atoms with van der Waals surface area (Å²) in [6.45, 7) is 6.91. The second-order valence-corrected chi connectivity index (χ2v) is 13.2. The second-order valence-electron chi connectivity index (χ2n) is 9.93. The second kappa shape index (κ2) is 10.3. The zero-order valence-electron chi connectivity index (χ0n) is 19.6. The van der Waals surface area contributed by atoms with Crippen molar-refractivity contribution in [1.82, 2.24) is 15.1 Å². The van der Waals surface area contributed by atoms with E-state index >= 15 is 0 Å². The molecule has 1 aromatic carbocycles. The van der Waals surface area contributed by atoms with Gasteiger partial charge in [0.15, 0.2) is 0 Å². The number of benzene rings is 1. The van der Waals surface area contributed by atoms with Crippen molar-refractivity contribution in [3.8, 4) is 0 Å². The molecule has 3 amide bonds. The molecule has 34 heavy (non-hydrogen) atoms. The van der Waals surface area contributed by atoms with Gasteiger partial charge >= 0.3 is 12.1 Å². The first-order valence-electron chi connectivity index (χ1n) is 11.1. The molecule has 2 saturated heterocycles. The Labute approximate surface area is 211 Å². The van der Waals surface area contributed by atoms with Crippen LogP contribution in [0.25, 0.3) is 0 Å². The van der Waals surface area contributed by atoms with Crippen LogP contribution in [-0.2, 0) is 10.3 Å². The average molecular weight is 538 g/mol. The smallest absolute Gasteiger partial charge is 0.407 e. The first-order chi connectivity index (χ1) is 15.7. The molecule has 2 heterocycles. The van der Waals surface area contributed by atoms with E-state index in [2.05, 4.69) is 5.32 Å². The highest BCUT2D eigenvalue weighted by atomic mass is 35.5.